The first kappa shape index (κ1) is 22.8. The number of carboxylic acids is 2. The predicted octanol–water partition coefficient (Wildman–Crippen LogP) is -1.37. The normalized spacial score (nSPS) is 14.4. The number of nitrogens with two attached hydrogens (primary N) is 2. The maximum atomic E-state index is 12.4. The Labute approximate surface area is 146 Å². The Kier molecular flexibility index (Phi) is 10.4. The van der Waals surface area contributed by atoms with Crippen LogP contribution in [0.3, 0.4) is 0 Å². The van der Waals surface area contributed by atoms with Crippen LogP contribution in [0.2, 0.25) is 0 Å². The van der Waals surface area contributed by atoms with E-state index < -0.39 is 48.3 Å². The first-order valence-electron chi connectivity index (χ1n) is 8.11. The molecule has 0 heterocycles. The molecular weight excluding hydrogens is 332 g/mol. The van der Waals surface area contributed by atoms with E-state index in [9.17, 15) is 19.2 Å². The van der Waals surface area contributed by atoms with Crippen molar-refractivity contribution in [1.82, 2.24) is 10.6 Å². The van der Waals surface area contributed by atoms with E-state index in [2.05, 4.69) is 10.6 Å². The number of aliphatic carboxylic acids is 2. The third kappa shape index (κ3) is 9.01. The summed E-state index contributed by atoms with van der Waals surface area (Å²) < 4.78 is 0. The number of nitrogens with one attached hydrogen (secondary N) is 2. The van der Waals surface area contributed by atoms with Crippen LogP contribution >= 0.6 is 0 Å². The zero-order valence-corrected chi connectivity index (χ0v) is 14.5. The molecule has 0 aliphatic rings. The molecule has 0 fully saturated rings. The molecule has 10 heteroatoms. The van der Waals surface area contributed by atoms with Crippen molar-refractivity contribution in [3.05, 3.63) is 0 Å². The lowest BCUT2D eigenvalue weighted by atomic mass is 10.0. The molecule has 0 unspecified atom stereocenters. The highest BCUT2D eigenvalue weighted by Gasteiger charge is 2.29. The van der Waals surface area contributed by atoms with Crippen molar-refractivity contribution in [1.29, 1.82) is 0 Å². The third-order valence-electron chi connectivity index (χ3n) is 3.54. The maximum absolute atomic E-state index is 12.4. The lowest BCUT2D eigenvalue weighted by molar-refractivity contribution is -0.144. The lowest BCUT2D eigenvalue weighted by Crippen LogP contribution is -2.55. The fraction of sp³-hybridized carbons (Fsp3) is 0.733. The summed E-state index contributed by atoms with van der Waals surface area (Å²) in [5, 5.41) is 22.6. The number of hydrogen-bond donors (Lipinski definition) is 6. The van der Waals surface area contributed by atoms with Gasteiger partial charge < -0.3 is 32.3 Å². The van der Waals surface area contributed by atoms with Crippen molar-refractivity contribution in [2.45, 2.75) is 57.7 Å². The van der Waals surface area contributed by atoms with E-state index in [-0.39, 0.29) is 12.3 Å². The van der Waals surface area contributed by atoms with Gasteiger partial charge in [0, 0.05) is 0 Å². The summed E-state index contributed by atoms with van der Waals surface area (Å²) in [5.41, 5.74) is 10.9. The Morgan fingerprint density at radius 1 is 1.00 bits per heavy atom. The topological polar surface area (TPSA) is 185 Å². The van der Waals surface area contributed by atoms with E-state index >= 15 is 0 Å². The van der Waals surface area contributed by atoms with Crippen LogP contribution in [0, 0.1) is 5.92 Å². The van der Waals surface area contributed by atoms with Crippen LogP contribution in [-0.2, 0) is 19.2 Å². The number of unbranched alkanes of at least 4 members (excludes halogenated alkanes) is 1. The minimum absolute atomic E-state index is 0.235. The highest BCUT2D eigenvalue weighted by molar-refractivity contribution is 5.92. The number of carboxylic acid groups (broad SMARTS) is 2. The molecule has 0 aromatic rings. The van der Waals surface area contributed by atoms with E-state index in [0.29, 0.717) is 19.4 Å². The van der Waals surface area contributed by atoms with Gasteiger partial charge in [0.15, 0.2) is 0 Å². The molecule has 0 saturated heterocycles. The average Bonchev–Trinajstić information content (AvgIpc) is 2.49. The zero-order chi connectivity index (χ0) is 19.6. The molecule has 0 aromatic heterocycles. The molecule has 8 N–H and O–H groups in total. The molecule has 3 atom stereocenters. The third-order valence-corrected chi connectivity index (χ3v) is 3.54. The fourth-order valence-corrected chi connectivity index (χ4v) is 2.09. The molecule has 144 valence electrons. The lowest BCUT2D eigenvalue weighted by Gasteiger charge is -2.24. The molecule has 2 amide bonds. The second-order valence-corrected chi connectivity index (χ2v) is 6.12. The van der Waals surface area contributed by atoms with Gasteiger partial charge in [-0.15, -0.1) is 0 Å². The van der Waals surface area contributed by atoms with E-state index in [1.54, 1.807) is 13.8 Å². The van der Waals surface area contributed by atoms with Gasteiger partial charge >= 0.3 is 11.9 Å². The minimum atomic E-state index is -1.30. The molecule has 0 radical (unpaired) electrons. The van der Waals surface area contributed by atoms with Crippen LogP contribution in [0.25, 0.3) is 0 Å². The van der Waals surface area contributed by atoms with E-state index in [1.807, 2.05) is 0 Å². The van der Waals surface area contributed by atoms with Crippen LogP contribution in [0.5, 0.6) is 0 Å². The number of carbonyl (C=O) groups is 4. The van der Waals surface area contributed by atoms with Gasteiger partial charge in [0.2, 0.25) is 11.8 Å². The van der Waals surface area contributed by atoms with E-state index in [4.69, 9.17) is 21.7 Å². The van der Waals surface area contributed by atoms with Crippen LogP contribution in [0.1, 0.15) is 39.5 Å². The van der Waals surface area contributed by atoms with Gasteiger partial charge in [-0.1, -0.05) is 13.8 Å². The second kappa shape index (κ2) is 11.4. The summed E-state index contributed by atoms with van der Waals surface area (Å²) >= 11 is 0. The summed E-state index contributed by atoms with van der Waals surface area (Å²) in [5.74, 6) is -4.22. The van der Waals surface area contributed by atoms with E-state index in [0.717, 1.165) is 0 Å². The highest BCUT2D eigenvalue weighted by Crippen LogP contribution is 2.06. The number of carbonyl (C=O) groups excluding carboxylic acids is 2. The predicted molar refractivity (Wildman–Crippen MR) is 89.5 cm³/mol. The number of amides is 2. The van der Waals surface area contributed by atoms with Crippen molar-refractivity contribution in [2.24, 2.45) is 17.4 Å². The fourth-order valence-electron chi connectivity index (χ4n) is 2.09. The van der Waals surface area contributed by atoms with Gasteiger partial charge in [0.25, 0.3) is 0 Å². The Bertz CT molecular complexity index is 483. The van der Waals surface area contributed by atoms with Crippen LogP contribution in [-0.4, -0.2) is 58.6 Å². The summed E-state index contributed by atoms with van der Waals surface area (Å²) in [6.45, 7) is 3.69. The average molecular weight is 360 g/mol. The SMILES string of the molecule is CC(C)[C@H](NC(=O)[C@H](CCCCN)NC(=O)[C@@H](N)CC(=O)O)C(=O)O. The van der Waals surface area contributed by atoms with Gasteiger partial charge in [0.05, 0.1) is 12.5 Å². The highest BCUT2D eigenvalue weighted by atomic mass is 16.4. The van der Waals surface area contributed by atoms with Gasteiger partial charge in [-0.3, -0.25) is 14.4 Å². The summed E-state index contributed by atoms with van der Waals surface area (Å²) in [4.78, 5) is 46.1. The van der Waals surface area contributed by atoms with E-state index in [1.165, 1.54) is 0 Å². The molecule has 25 heavy (non-hydrogen) atoms. The maximum Gasteiger partial charge on any atom is 0.326 e. The van der Waals surface area contributed by atoms with Crippen LogP contribution < -0.4 is 22.1 Å². The van der Waals surface area contributed by atoms with Crippen LogP contribution in [0.15, 0.2) is 0 Å². The summed E-state index contributed by atoms with van der Waals surface area (Å²) in [6.07, 6.45) is 0.807. The molecule has 0 aliphatic heterocycles. The zero-order valence-electron chi connectivity index (χ0n) is 14.5. The minimum Gasteiger partial charge on any atom is -0.481 e. The van der Waals surface area contributed by atoms with Crippen LogP contribution in [0.4, 0.5) is 0 Å². The standard InChI is InChI=1S/C15H28N4O6/c1-8(2)12(15(24)25)19-14(23)10(5-3-4-6-16)18-13(22)9(17)7-11(20)21/h8-10,12H,3-7,16-17H2,1-2H3,(H,18,22)(H,19,23)(H,20,21)(H,24,25)/t9-,10-,12-/m0/s1. The van der Waals surface area contributed by atoms with Crippen molar-refractivity contribution in [3.63, 3.8) is 0 Å². The molecular formula is C15H28N4O6. The number of hydrogen-bond acceptors (Lipinski definition) is 6. The first-order chi connectivity index (χ1) is 11.6. The molecule has 0 aliphatic carbocycles. The molecule has 0 saturated carbocycles. The van der Waals surface area contributed by atoms with Crippen molar-refractivity contribution in [3.8, 4) is 0 Å². The van der Waals surface area contributed by atoms with Gasteiger partial charge in [-0.2, -0.15) is 0 Å². The second-order valence-electron chi connectivity index (χ2n) is 6.12. The van der Waals surface area contributed by atoms with Gasteiger partial charge in [0.1, 0.15) is 12.1 Å². The Hall–Kier alpha value is -2.20. The largest absolute Gasteiger partial charge is 0.481 e. The summed E-state index contributed by atoms with van der Waals surface area (Å²) in [7, 11) is 0. The van der Waals surface area contributed by atoms with Crippen molar-refractivity contribution < 1.29 is 29.4 Å². The van der Waals surface area contributed by atoms with Gasteiger partial charge in [-0.25, -0.2) is 4.79 Å². The van der Waals surface area contributed by atoms with Gasteiger partial charge in [-0.05, 0) is 31.7 Å². The molecule has 0 spiro atoms. The van der Waals surface area contributed by atoms with Crippen molar-refractivity contribution in [2.75, 3.05) is 6.54 Å². The smallest absolute Gasteiger partial charge is 0.326 e. The Morgan fingerprint density at radius 2 is 1.60 bits per heavy atom. The molecule has 0 aromatic carbocycles. The van der Waals surface area contributed by atoms with Crippen molar-refractivity contribution >= 4 is 23.8 Å². The molecule has 10 nitrogen and oxygen atoms in total. The number of rotatable bonds is 12. The monoisotopic (exact) mass is 360 g/mol. The summed E-state index contributed by atoms with van der Waals surface area (Å²) in [6, 6.07) is -3.42. The first-order valence-corrected chi connectivity index (χ1v) is 8.11. The Balaban J connectivity index is 5.01. The molecule has 0 bridgehead atoms. The molecule has 0 rings (SSSR count). The quantitative estimate of drug-likeness (QED) is 0.230. The Morgan fingerprint density at radius 3 is 2.04 bits per heavy atom.